The number of piperidine rings is 1. The highest BCUT2D eigenvalue weighted by Gasteiger charge is 2.53. The molecule has 1 amide bonds. The van der Waals surface area contributed by atoms with Crippen molar-refractivity contribution in [3.63, 3.8) is 0 Å². The molecule has 9 nitrogen and oxygen atoms in total. The second kappa shape index (κ2) is 8.15. The molecule has 35 heavy (non-hydrogen) atoms. The number of rotatable bonds is 5. The zero-order valence-corrected chi connectivity index (χ0v) is 20.5. The Balaban J connectivity index is 1.08. The van der Waals surface area contributed by atoms with Gasteiger partial charge in [0.2, 0.25) is 5.91 Å². The van der Waals surface area contributed by atoms with Crippen LogP contribution in [0.25, 0.3) is 5.69 Å². The lowest BCUT2D eigenvalue weighted by Crippen LogP contribution is -2.51. The Bertz CT molecular complexity index is 1160. The molecule has 4 heterocycles. The van der Waals surface area contributed by atoms with Crippen LogP contribution >= 0.6 is 0 Å². The number of benzene rings is 1. The summed E-state index contributed by atoms with van der Waals surface area (Å²) in [4.78, 5) is 36.3. The molecule has 2 aromatic rings. The van der Waals surface area contributed by atoms with Gasteiger partial charge in [-0.2, -0.15) is 4.98 Å². The number of carbonyl (C=O) groups is 1. The van der Waals surface area contributed by atoms with E-state index in [2.05, 4.69) is 26.9 Å². The van der Waals surface area contributed by atoms with E-state index in [0.717, 1.165) is 51.5 Å². The normalized spacial score (nSPS) is 30.0. The minimum absolute atomic E-state index is 0.00595. The van der Waals surface area contributed by atoms with E-state index >= 15 is 0 Å². The smallest absolute Gasteiger partial charge is 0.354 e. The third kappa shape index (κ3) is 4.15. The van der Waals surface area contributed by atoms with E-state index in [0.29, 0.717) is 35.5 Å². The molecule has 0 bridgehead atoms. The number of anilines is 1. The van der Waals surface area contributed by atoms with Gasteiger partial charge >= 0.3 is 5.69 Å². The van der Waals surface area contributed by atoms with Gasteiger partial charge in [-0.1, -0.05) is 12.1 Å². The summed E-state index contributed by atoms with van der Waals surface area (Å²) >= 11 is 0. The van der Waals surface area contributed by atoms with Crippen molar-refractivity contribution in [1.29, 1.82) is 0 Å². The van der Waals surface area contributed by atoms with Crippen LogP contribution in [-0.2, 0) is 11.3 Å². The number of likely N-dealkylation sites (tertiary alicyclic amines) is 2. The Labute approximate surface area is 205 Å². The molecule has 4 atom stereocenters. The fourth-order valence-electron chi connectivity index (χ4n) is 6.33. The van der Waals surface area contributed by atoms with Gasteiger partial charge in [0.15, 0.2) is 0 Å². The molecule has 4 fully saturated rings. The number of hydrogen-bond donors (Lipinski definition) is 2. The van der Waals surface area contributed by atoms with E-state index in [1.54, 1.807) is 18.4 Å². The van der Waals surface area contributed by atoms with Crippen molar-refractivity contribution in [3.05, 3.63) is 52.6 Å². The van der Waals surface area contributed by atoms with Crippen LogP contribution in [0.15, 0.2) is 41.3 Å². The summed E-state index contributed by atoms with van der Waals surface area (Å²) in [7, 11) is 0. The van der Waals surface area contributed by atoms with Crippen molar-refractivity contribution < 1.29 is 4.79 Å². The first-order valence-electron chi connectivity index (χ1n) is 12.7. The summed E-state index contributed by atoms with van der Waals surface area (Å²) < 4.78 is 1.60. The molecule has 4 N–H and O–H groups in total. The molecule has 1 aromatic carbocycles. The first-order chi connectivity index (χ1) is 16.7. The van der Waals surface area contributed by atoms with Gasteiger partial charge in [0.1, 0.15) is 5.82 Å². The monoisotopic (exact) mass is 477 g/mol. The Morgan fingerprint density at radius 3 is 2.20 bits per heavy atom. The number of carbonyl (C=O) groups excluding carboxylic acids is 1. The topological polar surface area (TPSA) is 114 Å². The largest absolute Gasteiger partial charge is 0.356 e. The Hall–Kier alpha value is -2.75. The van der Waals surface area contributed by atoms with Gasteiger partial charge in [-0.3, -0.25) is 14.3 Å². The molecule has 9 heteroatoms. The minimum atomic E-state index is -0.842. The van der Waals surface area contributed by atoms with Crippen molar-refractivity contribution in [2.75, 3.05) is 44.2 Å². The van der Waals surface area contributed by atoms with Crippen LogP contribution < -0.4 is 22.1 Å². The Morgan fingerprint density at radius 2 is 1.63 bits per heavy atom. The molecule has 3 aliphatic heterocycles. The molecule has 1 aliphatic carbocycles. The summed E-state index contributed by atoms with van der Waals surface area (Å²) in [6, 6.07) is 10.5. The van der Waals surface area contributed by atoms with Gasteiger partial charge in [-0.25, -0.2) is 4.79 Å². The third-order valence-electron chi connectivity index (χ3n) is 8.39. The van der Waals surface area contributed by atoms with Gasteiger partial charge in [0, 0.05) is 69.9 Å². The SMILES string of the molecule is CC(C)(N)C(=O)N1CC2CN(c3ccn(-c4ccc(CN5CC6C(N)C6C5)cc4)c(=O)n3)CC2C1. The van der Waals surface area contributed by atoms with Crippen molar-refractivity contribution >= 4 is 11.7 Å². The maximum absolute atomic E-state index is 12.9. The third-order valence-corrected chi connectivity index (χ3v) is 8.39. The van der Waals surface area contributed by atoms with Crippen molar-refractivity contribution in [2.45, 2.75) is 32.0 Å². The van der Waals surface area contributed by atoms with Crippen LogP contribution in [0.2, 0.25) is 0 Å². The molecule has 4 unspecified atom stereocenters. The van der Waals surface area contributed by atoms with Crippen LogP contribution in [0.1, 0.15) is 19.4 Å². The average molecular weight is 478 g/mol. The standard InChI is InChI=1S/C26H35N7O2/c1-26(2,28)24(34)32-12-17-10-31(11-18(17)13-32)22-7-8-33(25(35)29-22)19-5-3-16(4-6-19)9-30-14-20-21(15-30)23(20)27/h3-8,17-18,20-21,23H,9-15,27-28H2,1-2H3. The molecular formula is C26H35N7O2. The highest BCUT2D eigenvalue weighted by Crippen LogP contribution is 2.44. The van der Waals surface area contributed by atoms with E-state index in [1.807, 2.05) is 29.3 Å². The van der Waals surface area contributed by atoms with Crippen molar-refractivity contribution in [2.24, 2.45) is 35.1 Å². The first-order valence-corrected chi connectivity index (χ1v) is 12.7. The summed E-state index contributed by atoms with van der Waals surface area (Å²) in [6.45, 7) is 9.66. The van der Waals surface area contributed by atoms with Gasteiger partial charge in [-0.05, 0) is 49.4 Å². The van der Waals surface area contributed by atoms with Gasteiger partial charge in [-0.15, -0.1) is 0 Å². The fourth-order valence-corrected chi connectivity index (χ4v) is 6.33. The van der Waals surface area contributed by atoms with Crippen LogP contribution in [0.4, 0.5) is 5.82 Å². The maximum Gasteiger partial charge on any atom is 0.354 e. The molecule has 1 saturated carbocycles. The highest BCUT2D eigenvalue weighted by atomic mass is 16.2. The predicted octanol–water partition coefficient (Wildman–Crippen LogP) is 0.253. The second-order valence-electron chi connectivity index (χ2n) is 11.6. The predicted molar refractivity (Wildman–Crippen MR) is 134 cm³/mol. The van der Waals surface area contributed by atoms with Gasteiger partial charge < -0.3 is 21.3 Å². The fraction of sp³-hybridized carbons (Fsp3) is 0.577. The maximum atomic E-state index is 12.9. The lowest BCUT2D eigenvalue weighted by molar-refractivity contribution is -0.135. The molecular weight excluding hydrogens is 442 g/mol. The molecule has 1 aromatic heterocycles. The average Bonchev–Trinajstić information content (AvgIpc) is 3.24. The Kier molecular flexibility index (Phi) is 5.28. The summed E-state index contributed by atoms with van der Waals surface area (Å²) in [5, 5.41) is 0. The second-order valence-corrected chi connectivity index (χ2v) is 11.6. The number of fused-ring (bicyclic) bond motifs is 2. The van der Waals surface area contributed by atoms with E-state index in [-0.39, 0.29) is 11.6 Å². The first kappa shape index (κ1) is 22.7. The number of nitrogens with two attached hydrogens (primary N) is 2. The van der Waals surface area contributed by atoms with Gasteiger partial charge in [0.25, 0.3) is 0 Å². The van der Waals surface area contributed by atoms with E-state index in [4.69, 9.17) is 11.5 Å². The van der Waals surface area contributed by atoms with E-state index in [9.17, 15) is 9.59 Å². The minimum Gasteiger partial charge on any atom is -0.356 e. The van der Waals surface area contributed by atoms with E-state index in [1.165, 1.54) is 5.56 Å². The number of nitrogens with zero attached hydrogens (tertiary/aromatic N) is 5. The molecule has 6 rings (SSSR count). The molecule has 0 radical (unpaired) electrons. The number of aromatic nitrogens is 2. The number of amides is 1. The van der Waals surface area contributed by atoms with Crippen molar-refractivity contribution in [3.8, 4) is 5.69 Å². The number of hydrogen-bond acceptors (Lipinski definition) is 7. The van der Waals surface area contributed by atoms with Crippen LogP contribution in [0, 0.1) is 23.7 Å². The molecule has 4 aliphatic rings. The zero-order chi connectivity index (χ0) is 24.5. The quantitative estimate of drug-likeness (QED) is 0.635. The van der Waals surface area contributed by atoms with Crippen LogP contribution in [0.5, 0.6) is 0 Å². The lowest BCUT2D eigenvalue weighted by atomic mass is 10.0. The van der Waals surface area contributed by atoms with Crippen molar-refractivity contribution in [1.82, 2.24) is 19.4 Å². The summed E-state index contributed by atoms with van der Waals surface area (Å²) in [5.74, 6) is 2.86. The highest BCUT2D eigenvalue weighted by molar-refractivity contribution is 5.85. The summed E-state index contributed by atoms with van der Waals surface area (Å²) in [5.41, 5.74) is 13.0. The van der Waals surface area contributed by atoms with Crippen LogP contribution in [0.3, 0.4) is 0 Å². The molecule has 3 saturated heterocycles. The Morgan fingerprint density at radius 1 is 1.00 bits per heavy atom. The zero-order valence-electron chi connectivity index (χ0n) is 20.5. The van der Waals surface area contributed by atoms with E-state index < -0.39 is 5.54 Å². The van der Waals surface area contributed by atoms with Crippen LogP contribution in [-0.4, -0.2) is 76.1 Å². The molecule has 0 spiro atoms. The van der Waals surface area contributed by atoms with Gasteiger partial charge in [0.05, 0.1) is 11.2 Å². The molecule has 186 valence electrons. The lowest BCUT2D eigenvalue weighted by Gasteiger charge is -2.27. The summed E-state index contributed by atoms with van der Waals surface area (Å²) in [6.07, 6.45) is 1.82.